The summed E-state index contributed by atoms with van der Waals surface area (Å²) in [6, 6.07) is 5.93. The smallest absolute Gasteiger partial charge is 0.161 e. The summed E-state index contributed by atoms with van der Waals surface area (Å²) in [6.07, 6.45) is 2.69. The first kappa shape index (κ1) is 19.5. The number of benzene rings is 1. The summed E-state index contributed by atoms with van der Waals surface area (Å²) < 4.78 is 16.6. The zero-order chi connectivity index (χ0) is 16.9. The van der Waals surface area contributed by atoms with Gasteiger partial charge in [0.25, 0.3) is 0 Å². The second-order valence-electron chi connectivity index (χ2n) is 5.49. The van der Waals surface area contributed by atoms with Crippen molar-refractivity contribution < 1.29 is 14.2 Å². The van der Waals surface area contributed by atoms with Crippen LogP contribution in [0.25, 0.3) is 0 Å². The lowest BCUT2D eigenvalue weighted by Gasteiger charge is -2.12. The number of methoxy groups -OCH3 is 1. The molecule has 0 aliphatic heterocycles. The molecule has 0 aliphatic rings. The number of rotatable bonds is 13. The average molecular weight is 322 g/mol. The van der Waals surface area contributed by atoms with Crippen molar-refractivity contribution in [2.45, 2.75) is 6.42 Å². The maximum absolute atomic E-state index is 5.72. The number of nitrogens with one attached hydrogen (secondary N) is 1. The predicted molar refractivity (Wildman–Crippen MR) is 94.6 cm³/mol. The van der Waals surface area contributed by atoms with E-state index in [0.29, 0.717) is 19.8 Å². The average Bonchev–Trinajstić information content (AvgIpc) is 2.54. The summed E-state index contributed by atoms with van der Waals surface area (Å²) >= 11 is 0. The first-order chi connectivity index (χ1) is 11.2. The molecule has 1 aromatic carbocycles. The lowest BCUT2D eigenvalue weighted by molar-refractivity contribution is 0.100. The summed E-state index contributed by atoms with van der Waals surface area (Å²) in [7, 11) is 5.78. The highest BCUT2D eigenvalue weighted by molar-refractivity contribution is 5.43. The van der Waals surface area contributed by atoms with Gasteiger partial charge in [-0.15, -0.1) is 6.58 Å². The molecule has 1 N–H and O–H groups in total. The van der Waals surface area contributed by atoms with Gasteiger partial charge in [0.15, 0.2) is 11.5 Å². The number of likely N-dealkylation sites (N-methyl/N-ethyl adjacent to an activating group) is 1. The maximum atomic E-state index is 5.72. The molecule has 0 bridgehead atoms. The second kappa shape index (κ2) is 11.9. The van der Waals surface area contributed by atoms with Gasteiger partial charge in [0.05, 0.1) is 20.3 Å². The van der Waals surface area contributed by atoms with Gasteiger partial charge in [0.1, 0.15) is 6.61 Å². The summed E-state index contributed by atoms with van der Waals surface area (Å²) in [6.45, 7) is 8.36. The highest BCUT2D eigenvalue weighted by Gasteiger charge is 2.05. The first-order valence-electron chi connectivity index (χ1n) is 8.01. The van der Waals surface area contributed by atoms with Crippen molar-refractivity contribution in [3.05, 3.63) is 36.4 Å². The molecule has 0 fully saturated rings. The number of hydrogen-bond acceptors (Lipinski definition) is 5. The third-order valence-corrected chi connectivity index (χ3v) is 3.25. The minimum atomic E-state index is 0.509. The van der Waals surface area contributed by atoms with Gasteiger partial charge < -0.3 is 24.4 Å². The molecule has 130 valence electrons. The molecule has 0 saturated carbocycles. The molecular weight excluding hydrogens is 292 g/mol. The third kappa shape index (κ3) is 8.59. The zero-order valence-electron chi connectivity index (χ0n) is 14.6. The Morgan fingerprint density at radius 1 is 1.13 bits per heavy atom. The molecule has 0 atom stereocenters. The van der Waals surface area contributed by atoms with E-state index in [4.69, 9.17) is 14.2 Å². The van der Waals surface area contributed by atoms with Crippen LogP contribution < -0.4 is 14.8 Å². The van der Waals surface area contributed by atoms with Gasteiger partial charge in [-0.2, -0.15) is 0 Å². The SMILES string of the molecule is C=CCc1ccc(OCCOCCNCCN(C)C)c(OC)c1. The van der Waals surface area contributed by atoms with E-state index in [9.17, 15) is 0 Å². The van der Waals surface area contributed by atoms with Crippen LogP contribution in [0, 0.1) is 0 Å². The van der Waals surface area contributed by atoms with Crippen molar-refractivity contribution in [1.82, 2.24) is 10.2 Å². The Morgan fingerprint density at radius 3 is 2.65 bits per heavy atom. The predicted octanol–water partition coefficient (Wildman–Crippen LogP) is 1.97. The van der Waals surface area contributed by atoms with E-state index < -0.39 is 0 Å². The number of ether oxygens (including phenoxy) is 3. The summed E-state index contributed by atoms with van der Waals surface area (Å²) in [5.41, 5.74) is 1.16. The summed E-state index contributed by atoms with van der Waals surface area (Å²) in [5.74, 6) is 1.49. The van der Waals surface area contributed by atoms with Crippen LogP contribution in [0.15, 0.2) is 30.9 Å². The molecule has 0 heterocycles. The maximum Gasteiger partial charge on any atom is 0.161 e. The molecule has 23 heavy (non-hydrogen) atoms. The van der Waals surface area contributed by atoms with Gasteiger partial charge in [-0.05, 0) is 38.2 Å². The zero-order valence-corrected chi connectivity index (χ0v) is 14.6. The van der Waals surface area contributed by atoms with Crippen LogP contribution in [0.2, 0.25) is 0 Å². The topological polar surface area (TPSA) is 43.0 Å². The normalized spacial score (nSPS) is 10.8. The minimum absolute atomic E-state index is 0.509. The largest absolute Gasteiger partial charge is 0.493 e. The standard InChI is InChI=1S/C18H30N2O3/c1-5-6-16-7-8-17(18(15-16)21-4)23-14-13-22-12-10-19-9-11-20(2)3/h5,7-8,15,19H,1,6,9-14H2,2-4H3. The molecule has 0 unspecified atom stereocenters. The fourth-order valence-electron chi connectivity index (χ4n) is 2.01. The molecule has 5 heteroatoms. The lowest BCUT2D eigenvalue weighted by atomic mass is 10.1. The highest BCUT2D eigenvalue weighted by Crippen LogP contribution is 2.28. The molecule has 0 radical (unpaired) electrons. The fourth-order valence-corrected chi connectivity index (χ4v) is 2.01. The van der Waals surface area contributed by atoms with Crippen LogP contribution in [-0.2, 0) is 11.2 Å². The Labute approximate surface area is 140 Å². The van der Waals surface area contributed by atoms with Gasteiger partial charge >= 0.3 is 0 Å². The Balaban J connectivity index is 2.17. The Bertz CT molecular complexity index is 450. The van der Waals surface area contributed by atoms with Gasteiger partial charge in [0.2, 0.25) is 0 Å². The Hall–Kier alpha value is -1.56. The van der Waals surface area contributed by atoms with Crippen molar-refractivity contribution in [2.75, 3.05) is 60.7 Å². The van der Waals surface area contributed by atoms with Crippen LogP contribution in [0.3, 0.4) is 0 Å². The highest BCUT2D eigenvalue weighted by atomic mass is 16.5. The minimum Gasteiger partial charge on any atom is -0.493 e. The van der Waals surface area contributed by atoms with E-state index in [1.165, 1.54) is 0 Å². The quantitative estimate of drug-likeness (QED) is 0.444. The lowest BCUT2D eigenvalue weighted by Crippen LogP contribution is -2.29. The molecule has 0 aromatic heterocycles. The third-order valence-electron chi connectivity index (χ3n) is 3.25. The van der Waals surface area contributed by atoms with Crippen molar-refractivity contribution in [3.63, 3.8) is 0 Å². The Morgan fingerprint density at radius 2 is 1.96 bits per heavy atom. The van der Waals surface area contributed by atoms with Gasteiger partial charge in [-0.3, -0.25) is 0 Å². The van der Waals surface area contributed by atoms with Crippen molar-refractivity contribution >= 4 is 0 Å². The van der Waals surface area contributed by atoms with E-state index in [1.54, 1.807) is 7.11 Å². The van der Waals surface area contributed by atoms with Crippen LogP contribution in [0.4, 0.5) is 0 Å². The monoisotopic (exact) mass is 322 g/mol. The number of nitrogens with zero attached hydrogens (tertiary/aromatic N) is 1. The van der Waals surface area contributed by atoms with Gasteiger partial charge in [-0.1, -0.05) is 12.1 Å². The van der Waals surface area contributed by atoms with E-state index in [2.05, 4.69) is 30.9 Å². The molecule has 1 rings (SSSR count). The van der Waals surface area contributed by atoms with E-state index >= 15 is 0 Å². The van der Waals surface area contributed by atoms with E-state index in [-0.39, 0.29) is 0 Å². The summed E-state index contributed by atoms with van der Waals surface area (Å²) in [5, 5.41) is 3.33. The van der Waals surface area contributed by atoms with Gasteiger partial charge in [-0.25, -0.2) is 0 Å². The van der Waals surface area contributed by atoms with Crippen LogP contribution in [-0.4, -0.2) is 65.6 Å². The van der Waals surface area contributed by atoms with Gasteiger partial charge in [0, 0.05) is 19.6 Å². The molecule has 1 aromatic rings. The van der Waals surface area contributed by atoms with Crippen LogP contribution in [0.5, 0.6) is 11.5 Å². The molecular formula is C18H30N2O3. The molecule has 0 amide bonds. The summed E-state index contributed by atoms with van der Waals surface area (Å²) in [4.78, 5) is 2.15. The molecule has 5 nitrogen and oxygen atoms in total. The van der Waals surface area contributed by atoms with Crippen molar-refractivity contribution in [1.29, 1.82) is 0 Å². The van der Waals surface area contributed by atoms with Crippen LogP contribution in [0.1, 0.15) is 5.56 Å². The Kier molecular flexibility index (Phi) is 10.1. The first-order valence-corrected chi connectivity index (χ1v) is 8.01. The molecule has 0 spiro atoms. The number of hydrogen-bond donors (Lipinski definition) is 1. The fraction of sp³-hybridized carbons (Fsp3) is 0.556. The number of allylic oxidation sites excluding steroid dienone is 1. The molecule has 0 aliphatic carbocycles. The van der Waals surface area contributed by atoms with E-state index in [1.807, 2.05) is 24.3 Å². The molecule has 0 saturated heterocycles. The van der Waals surface area contributed by atoms with Crippen molar-refractivity contribution in [3.8, 4) is 11.5 Å². The van der Waals surface area contributed by atoms with Crippen molar-refractivity contribution in [2.24, 2.45) is 0 Å². The van der Waals surface area contributed by atoms with Crippen LogP contribution >= 0.6 is 0 Å². The second-order valence-corrected chi connectivity index (χ2v) is 5.49. The van der Waals surface area contributed by atoms with E-state index in [0.717, 1.165) is 43.1 Å².